The maximum atomic E-state index is 6.00. The quantitative estimate of drug-likeness (QED) is 0.907. The van der Waals surface area contributed by atoms with Crippen molar-refractivity contribution >= 4 is 0 Å². The fraction of sp³-hybridized carbons (Fsp3) is 0.368. The minimum atomic E-state index is 0.527. The molecule has 0 heterocycles. The molecule has 1 atom stereocenters. The predicted octanol–water partition coefficient (Wildman–Crippen LogP) is 3.69. The molecule has 0 saturated heterocycles. The third-order valence-electron chi connectivity index (χ3n) is 4.30. The van der Waals surface area contributed by atoms with E-state index in [1.165, 1.54) is 36.0 Å². The molecule has 0 bridgehead atoms. The summed E-state index contributed by atoms with van der Waals surface area (Å²) in [6.45, 7) is 1.46. The van der Waals surface area contributed by atoms with Gasteiger partial charge in [-0.1, -0.05) is 36.4 Å². The number of ether oxygens (including phenoxy) is 1. The van der Waals surface area contributed by atoms with Gasteiger partial charge in [0.15, 0.2) is 0 Å². The first-order valence-electron chi connectivity index (χ1n) is 7.86. The molecule has 2 N–H and O–H groups in total. The lowest BCUT2D eigenvalue weighted by atomic mass is 9.83. The molecule has 2 nitrogen and oxygen atoms in total. The second-order valence-corrected chi connectivity index (χ2v) is 5.78. The molecule has 1 aliphatic carbocycles. The summed E-state index contributed by atoms with van der Waals surface area (Å²) in [4.78, 5) is 0. The SMILES string of the molecule is NCCc1ccc(OCC2CCCc3ccccc32)cc1. The van der Waals surface area contributed by atoms with Crippen molar-refractivity contribution in [1.82, 2.24) is 0 Å². The molecular formula is C19H23NO. The molecule has 0 spiro atoms. The maximum absolute atomic E-state index is 6.00. The van der Waals surface area contributed by atoms with Crippen molar-refractivity contribution in [1.29, 1.82) is 0 Å². The van der Waals surface area contributed by atoms with Crippen LogP contribution in [0.4, 0.5) is 0 Å². The van der Waals surface area contributed by atoms with Crippen molar-refractivity contribution < 1.29 is 4.74 Å². The number of benzene rings is 2. The number of fused-ring (bicyclic) bond motifs is 1. The molecule has 21 heavy (non-hydrogen) atoms. The molecule has 0 saturated carbocycles. The number of nitrogens with two attached hydrogens (primary N) is 1. The second-order valence-electron chi connectivity index (χ2n) is 5.78. The fourth-order valence-electron chi connectivity index (χ4n) is 3.14. The van der Waals surface area contributed by atoms with Crippen molar-refractivity contribution in [2.75, 3.05) is 13.2 Å². The minimum Gasteiger partial charge on any atom is -0.493 e. The van der Waals surface area contributed by atoms with Gasteiger partial charge in [-0.2, -0.15) is 0 Å². The van der Waals surface area contributed by atoms with Crippen LogP contribution < -0.4 is 10.5 Å². The van der Waals surface area contributed by atoms with Gasteiger partial charge in [0.2, 0.25) is 0 Å². The lowest BCUT2D eigenvalue weighted by Gasteiger charge is -2.25. The molecule has 2 heteroatoms. The van der Waals surface area contributed by atoms with E-state index in [0.717, 1.165) is 18.8 Å². The summed E-state index contributed by atoms with van der Waals surface area (Å²) in [5, 5.41) is 0. The Morgan fingerprint density at radius 3 is 2.67 bits per heavy atom. The largest absolute Gasteiger partial charge is 0.493 e. The minimum absolute atomic E-state index is 0.527. The molecule has 1 aliphatic rings. The molecule has 1 unspecified atom stereocenters. The van der Waals surface area contributed by atoms with Crippen molar-refractivity contribution in [2.45, 2.75) is 31.6 Å². The lowest BCUT2D eigenvalue weighted by molar-refractivity contribution is 0.274. The molecule has 2 aromatic carbocycles. The van der Waals surface area contributed by atoms with Gasteiger partial charge in [-0.25, -0.2) is 0 Å². The summed E-state index contributed by atoms with van der Waals surface area (Å²) >= 11 is 0. The monoisotopic (exact) mass is 281 g/mol. The highest BCUT2D eigenvalue weighted by Gasteiger charge is 2.20. The Labute approximate surface area is 126 Å². The summed E-state index contributed by atoms with van der Waals surface area (Å²) in [5.74, 6) is 1.48. The summed E-state index contributed by atoms with van der Waals surface area (Å²) in [6.07, 6.45) is 4.62. The third kappa shape index (κ3) is 3.45. The van der Waals surface area contributed by atoms with Crippen LogP contribution in [0, 0.1) is 0 Å². The van der Waals surface area contributed by atoms with E-state index < -0.39 is 0 Å². The Morgan fingerprint density at radius 2 is 1.86 bits per heavy atom. The Morgan fingerprint density at radius 1 is 1.05 bits per heavy atom. The van der Waals surface area contributed by atoms with Gasteiger partial charge in [-0.3, -0.25) is 0 Å². The van der Waals surface area contributed by atoms with E-state index in [4.69, 9.17) is 10.5 Å². The number of aryl methyl sites for hydroxylation is 1. The van der Waals surface area contributed by atoms with Crippen LogP contribution in [0.2, 0.25) is 0 Å². The number of hydrogen-bond acceptors (Lipinski definition) is 2. The van der Waals surface area contributed by atoms with Crippen LogP contribution in [0.25, 0.3) is 0 Å². The Balaban J connectivity index is 1.63. The van der Waals surface area contributed by atoms with Crippen molar-refractivity contribution in [3.63, 3.8) is 0 Å². The molecule has 2 aromatic rings. The van der Waals surface area contributed by atoms with Crippen molar-refractivity contribution in [3.05, 3.63) is 65.2 Å². The second kappa shape index (κ2) is 6.77. The van der Waals surface area contributed by atoms with Crippen LogP contribution in [0.1, 0.15) is 35.4 Å². The first-order valence-corrected chi connectivity index (χ1v) is 7.86. The summed E-state index contributed by atoms with van der Waals surface area (Å²) < 4.78 is 6.00. The molecule has 0 aromatic heterocycles. The molecule has 0 amide bonds. The van der Waals surface area contributed by atoms with Crippen LogP contribution >= 0.6 is 0 Å². The molecule has 0 radical (unpaired) electrons. The highest BCUT2D eigenvalue weighted by atomic mass is 16.5. The van der Waals surface area contributed by atoms with Crippen LogP contribution in [0.3, 0.4) is 0 Å². The van der Waals surface area contributed by atoms with Gasteiger partial charge in [-0.15, -0.1) is 0 Å². The van der Waals surface area contributed by atoms with Gasteiger partial charge in [0, 0.05) is 5.92 Å². The fourth-order valence-corrected chi connectivity index (χ4v) is 3.14. The topological polar surface area (TPSA) is 35.2 Å². The molecule has 0 fully saturated rings. The number of rotatable bonds is 5. The maximum Gasteiger partial charge on any atom is 0.119 e. The van der Waals surface area contributed by atoms with Gasteiger partial charge in [-0.05, 0) is 61.1 Å². The zero-order chi connectivity index (χ0) is 14.5. The average Bonchev–Trinajstić information content (AvgIpc) is 2.54. The van der Waals surface area contributed by atoms with E-state index in [0.29, 0.717) is 12.5 Å². The zero-order valence-corrected chi connectivity index (χ0v) is 12.4. The average molecular weight is 281 g/mol. The normalized spacial score (nSPS) is 17.3. The zero-order valence-electron chi connectivity index (χ0n) is 12.4. The van der Waals surface area contributed by atoms with E-state index in [9.17, 15) is 0 Å². The van der Waals surface area contributed by atoms with E-state index in [-0.39, 0.29) is 0 Å². The highest BCUT2D eigenvalue weighted by Crippen LogP contribution is 2.31. The van der Waals surface area contributed by atoms with Gasteiger partial charge in [0.1, 0.15) is 5.75 Å². The summed E-state index contributed by atoms with van der Waals surface area (Å²) in [7, 11) is 0. The standard InChI is InChI=1S/C19H23NO/c20-13-12-15-8-10-18(11-9-15)21-14-17-6-3-5-16-4-1-2-7-19(16)17/h1-2,4,7-11,17H,3,5-6,12-14,20H2. The van der Waals surface area contributed by atoms with Gasteiger partial charge < -0.3 is 10.5 Å². The Kier molecular flexibility index (Phi) is 4.56. The van der Waals surface area contributed by atoms with Crippen LogP contribution in [0.5, 0.6) is 5.75 Å². The predicted molar refractivity (Wildman–Crippen MR) is 86.8 cm³/mol. The van der Waals surface area contributed by atoms with Crippen molar-refractivity contribution in [2.24, 2.45) is 5.73 Å². The van der Waals surface area contributed by atoms with Gasteiger partial charge >= 0.3 is 0 Å². The molecule has 3 rings (SSSR count). The molecule has 0 aliphatic heterocycles. The van der Waals surface area contributed by atoms with E-state index in [1.807, 2.05) is 0 Å². The highest BCUT2D eigenvalue weighted by molar-refractivity contribution is 5.33. The Hall–Kier alpha value is -1.80. The van der Waals surface area contributed by atoms with Gasteiger partial charge in [0.05, 0.1) is 6.61 Å². The first kappa shape index (κ1) is 14.2. The van der Waals surface area contributed by atoms with Crippen LogP contribution in [-0.2, 0) is 12.8 Å². The third-order valence-corrected chi connectivity index (χ3v) is 4.30. The number of hydrogen-bond donors (Lipinski definition) is 1. The van der Waals surface area contributed by atoms with Gasteiger partial charge in [0.25, 0.3) is 0 Å². The molecular weight excluding hydrogens is 258 g/mol. The van der Waals surface area contributed by atoms with Crippen LogP contribution in [-0.4, -0.2) is 13.2 Å². The summed E-state index contributed by atoms with van der Waals surface area (Å²) in [5.41, 5.74) is 9.81. The van der Waals surface area contributed by atoms with E-state index in [1.54, 1.807) is 0 Å². The van der Waals surface area contributed by atoms with E-state index >= 15 is 0 Å². The lowest BCUT2D eigenvalue weighted by Crippen LogP contribution is -2.16. The van der Waals surface area contributed by atoms with Crippen LogP contribution in [0.15, 0.2) is 48.5 Å². The van der Waals surface area contributed by atoms with E-state index in [2.05, 4.69) is 48.5 Å². The van der Waals surface area contributed by atoms with Crippen molar-refractivity contribution in [3.8, 4) is 5.75 Å². The molecule has 110 valence electrons. The Bertz CT molecular complexity index is 576. The summed E-state index contributed by atoms with van der Waals surface area (Å²) in [6, 6.07) is 17.1. The first-order chi connectivity index (χ1) is 10.4. The smallest absolute Gasteiger partial charge is 0.119 e.